The minimum atomic E-state index is -0.178. The van der Waals surface area contributed by atoms with E-state index in [-0.39, 0.29) is 5.91 Å². The minimum absolute atomic E-state index is 0.178. The summed E-state index contributed by atoms with van der Waals surface area (Å²) in [6.45, 7) is 3.87. The Morgan fingerprint density at radius 1 is 1.29 bits per heavy atom. The summed E-state index contributed by atoms with van der Waals surface area (Å²) in [5.74, 6) is -0.178. The van der Waals surface area contributed by atoms with Crippen LogP contribution in [0.15, 0.2) is 30.3 Å². The molecule has 0 radical (unpaired) electrons. The first-order valence-corrected chi connectivity index (χ1v) is 5.45. The molecule has 0 atom stereocenters. The van der Waals surface area contributed by atoms with E-state index in [1.807, 2.05) is 45.2 Å². The smallest absolute Gasteiger partial charge is 0.276 e. The minimum Gasteiger partial charge on any atom is -0.320 e. The maximum Gasteiger partial charge on any atom is 0.276 e. The lowest BCUT2D eigenvalue weighted by Crippen LogP contribution is -2.13. The van der Waals surface area contributed by atoms with E-state index in [1.165, 1.54) is 0 Å². The number of anilines is 1. The molecule has 2 rings (SSSR count). The molecule has 2 aromatic rings. The predicted molar refractivity (Wildman–Crippen MR) is 67.1 cm³/mol. The second-order valence-corrected chi connectivity index (χ2v) is 4.06. The first kappa shape index (κ1) is 11.4. The first-order chi connectivity index (χ1) is 8.08. The Morgan fingerprint density at radius 3 is 2.59 bits per heavy atom. The van der Waals surface area contributed by atoms with Crippen LogP contribution >= 0.6 is 0 Å². The maximum atomic E-state index is 11.9. The molecule has 0 saturated heterocycles. The number of hydrogen-bond donors (Lipinski definition) is 1. The molecule has 88 valence electrons. The third-order valence-electron chi connectivity index (χ3n) is 2.74. The van der Waals surface area contributed by atoms with Gasteiger partial charge in [-0.1, -0.05) is 18.2 Å². The van der Waals surface area contributed by atoms with Gasteiger partial charge in [0.2, 0.25) is 0 Å². The topological polar surface area (TPSA) is 46.9 Å². The molecular weight excluding hydrogens is 214 g/mol. The lowest BCUT2D eigenvalue weighted by Gasteiger charge is -2.05. The molecule has 4 nitrogen and oxygen atoms in total. The number of aromatic nitrogens is 2. The fraction of sp³-hybridized carbons (Fsp3) is 0.231. The Bertz CT molecular complexity index is 538. The van der Waals surface area contributed by atoms with E-state index in [0.29, 0.717) is 5.69 Å². The molecule has 0 saturated carbocycles. The molecule has 0 aliphatic heterocycles. The second-order valence-electron chi connectivity index (χ2n) is 4.06. The van der Waals surface area contributed by atoms with Gasteiger partial charge in [0.1, 0.15) is 0 Å². The Balaban J connectivity index is 2.20. The summed E-state index contributed by atoms with van der Waals surface area (Å²) >= 11 is 0. The maximum absolute atomic E-state index is 11.9. The van der Waals surface area contributed by atoms with Gasteiger partial charge in [-0.15, -0.1) is 0 Å². The van der Waals surface area contributed by atoms with Crippen LogP contribution in [0.3, 0.4) is 0 Å². The lowest BCUT2D eigenvalue weighted by molar-refractivity contribution is 0.102. The summed E-state index contributed by atoms with van der Waals surface area (Å²) in [6, 6.07) is 9.44. The van der Waals surface area contributed by atoms with Crippen LogP contribution in [0.1, 0.15) is 21.7 Å². The van der Waals surface area contributed by atoms with Gasteiger partial charge in [0.15, 0.2) is 5.69 Å². The average Bonchev–Trinajstić information content (AvgIpc) is 2.63. The molecule has 0 spiro atoms. The van der Waals surface area contributed by atoms with Crippen molar-refractivity contribution < 1.29 is 4.79 Å². The van der Waals surface area contributed by atoms with Crippen molar-refractivity contribution in [3.63, 3.8) is 0 Å². The molecular formula is C13H15N3O. The zero-order valence-electron chi connectivity index (χ0n) is 10.2. The highest BCUT2D eigenvalue weighted by atomic mass is 16.1. The summed E-state index contributed by atoms with van der Waals surface area (Å²) < 4.78 is 1.69. The molecule has 1 N–H and O–H groups in total. The van der Waals surface area contributed by atoms with Crippen molar-refractivity contribution in [3.05, 3.63) is 47.3 Å². The normalized spacial score (nSPS) is 10.3. The van der Waals surface area contributed by atoms with Crippen LogP contribution in [0, 0.1) is 13.8 Å². The largest absolute Gasteiger partial charge is 0.320 e. The highest BCUT2D eigenvalue weighted by Crippen LogP contribution is 2.14. The van der Waals surface area contributed by atoms with Gasteiger partial charge in [-0.2, -0.15) is 5.10 Å². The summed E-state index contributed by atoms with van der Waals surface area (Å²) in [6.07, 6.45) is 0. The zero-order chi connectivity index (χ0) is 12.4. The highest BCUT2D eigenvalue weighted by Gasteiger charge is 2.11. The SMILES string of the molecule is Cc1ccccc1NC(=O)c1cc(C)n(C)n1. The molecule has 0 aliphatic rings. The van der Waals surface area contributed by atoms with Gasteiger partial charge in [-0.3, -0.25) is 9.48 Å². The van der Waals surface area contributed by atoms with Crippen molar-refractivity contribution in [1.82, 2.24) is 9.78 Å². The molecule has 0 aliphatic carbocycles. The number of nitrogens with one attached hydrogen (secondary N) is 1. The fourth-order valence-electron chi connectivity index (χ4n) is 1.57. The summed E-state index contributed by atoms with van der Waals surface area (Å²) in [5.41, 5.74) is 3.25. The molecule has 4 heteroatoms. The second kappa shape index (κ2) is 4.41. The van der Waals surface area contributed by atoms with Crippen LogP contribution in [-0.2, 0) is 7.05 Å². The number of rotatable bonds is 2. The van der Waals surface area contributed by atoms with E-state index in [1.54, 1.807) is 10.7 Å². The Kier molecular flexibility index (Phi) is 2.95. The van der Waals surface area contributed by atoms with Crippen LogP contribution in [-0.4, -0.2) is 15.7 Å². The Hall–Kier alpha value is -2.10. The van der Waals surface area contributed by atoms with Crippen molar-refractivity contribution in [2.75, 3.05) is 5.32 Å². The Morgan fingerprint density at radius 2 is 2.00 bits per heavy atom. The van der Waals surface area contributed by atoms with Gasteiger partial charge >= 0.3 is 0 Å². The molecule has 1 heterocycles. The molecule has 1 aromatic carbocycles. The summed E-state index contributed by atoms with van der Waals surface area (Å²) in [4.78, 5) is 11.9. The molecule has 17 heavy (non-hydrogen) atoms. The number of carbonyl (C=O) groups is 1. The number of carbonyl (C=O) groups excluding carboxylic acids is 1. The van der Waals surface area contributed by atoms with Crippen LogP contribution in [0.2, 0.25) is 0 Å². The van der Waals surface area contributed by atoms with E-state index < -0.39 is 0 Å². The summed E-state index contributed by atoms with van der Waals surface area (Å²) in [5, 5.41) is 6.99. The molecule has 0 bridgehead atoms. The van der Waals surface area contributed by atoms with Crippen LogP contribution in [0.5, 0.6) is 0 Å². The van der Waals surface area contributed by atoms with Crippen LogP contribution < -0.4 is 5.32 Å². The predicted octanol–water partition coefficient (Wildman–Crippen LogP) is 2.29. The van der Waals surface area contributed by atoms with E-state index in [9.17, 15) is 4.79 Å². The quantitative estimate of drug-likeness (QED) is 0.858. The monoisotopic (exact) mass is 229 g/mol. The van der Waals surface area contributed by atoms with Crippen molar-refractivity contribution in [1.29, 1.82) is 0 Å². The number of benzene rings is 1. The van der Waals surface area contributed by atoms with Crippen molar-refractivity contribution >= 4 is 11.6 Å². The van der Waals surface area contributed by atoms with E-state index in [2.05, 4.69) is 10.4 Å². The van der Waals surface area contributed by atoms with Gasteiger partial charge in [-0.25, -0.2) is 0 Å². The average molecular weight is 229 g/mol. The zero-order valence-corrected chi connectivity index (χ0v) is 10.2. The number of para-hydroxylation sites is 1. The Labute approximate surface area is 100 Å². The first-order valence-electron chi connectivity index (χ1n) is 5.45. The number of aryl methyl sites for hydroxylation is 3. The summed E-state index contributed by atoms with van der Waals surface area (Å²) in [7, 11) is 1.82. The highest BCUT2D eigenvalue weighted by molar-refractivity contribution is 6.03. The van der Waals surface area contributed by atoms with Gasteiger partial charge in [0.05, 0.1) is 0 Å². The van der Waals surface area contributed by atoms with Gasteiger partial charge in [-0.05, 0) is 31.5 Å². The van der Waals surface area contributed by atoms with Crippen LogP contribution in [0.25, 0.3) is 0 Å². The number of nitrogens with zero attached hydrogens (tertiary/aromatic N) is 2. The van der Waals surface area contributed by atoms with E-state index >= 15 is 0 Å². The van der Waals surface area contributed by atoms with E-state index in [0.717, 1.165) is 16.9 Å². The van der Waals surface area contributed by atoms with Crippen molar-refractivity contribution in [2.45, 2.75) is 13.8 Å². The molecule has 1 aromatic heterocycles. The standard InChI is InChI=1S/C13H15N3O/c1-9-6-4-5-7-11(9)14-13(17)12-8-10(2)16(3)15-12/h4-8H,1-3H3,(H,14,17). The number of hydrogen-bond acceptors (Lipinski definition) is 2. The van der Waals surface area contributed by atoms with Gasteiger partial charge in [0, 0.05) is 18.4 Å². The third-order valence-corrected chi connectivity index (χ3v) is 2.74. The van der Waals surface area contributed by atoms with Gasteiger partial charge in [0.25, 0.3) is 5.91 Å². The van der Waals surface area contributed by atoms with E-state index in [4.69, 9.17) is 0 Å². The van der Waals surface area contributed by atoms with Crippen molar-refractivity contribution in [3.8, 4) is 0 Å². The molecule has 1 amide bonds. The van der Waals surface area contributed by atoms with Gasteiger partial charge < -0.3 is 5.32 Å². The van der Waals surface area contributed by atoms with Crippen molar-refractivity contribution in [2.24, 2.45) is 7.05 Å². The lowest BCUT2D eigenvalue weighted by atomic mass is 10.2. The van der Waals surface area contributed by atoms with Crippen LogP contribution in [0.4, 0.5) is 5.69 Å². The fourth-order valence-corrected chi connectivity index (χ4v) is 1.57. The number of amides is 1. The molecule has 0 fully saturated rings. The third kappa shape index (κ3) is 2.36. The molecule has 0 unspecified atom stereocenters.